The number of rotatable bonds is 0. The molecule has 0 heterocycles. The maximum absolute atomic E-state index is 9.81. The van der Waals surface area contributed by atoms with Gasteiger partial charge in [-0.15, -0.1) is 0 Å². The molecule has 0 saturated heterocycles. The van der Waals surface area contributed by atoms with E-state index in [0.717, 1.165) is 0 Å². The van der Waals surface area contributed by atoms with E-state index in [1.807, 2.05) is 0 Å². The highest BCUT2D eigenvalue weighted by atomic mass is 16.6. The first kappa shape index (κ1) is 11.1. The van der Waals surface area contributed by atoms with E-state index in [1.165, 1.54) is 46.0 Å². The molecule has 1 saturated carbocycles. The summed E-state index contributed by atoms with van der Waals surface area (Å²) in [5.41, 5.74) is 0. The second kappa shape index (κ2) is 6.83. The Balaban J connectivity index is 0.000000211. The average molecular weight is 172 g/mol. The van der Waals surface area contributed by atoms with E-state index >= 15 is 0 Å². The molecule has 1 aliphatic carbocycles. The lowest BCUT2D eigenvalue weighted by atomic mass is 10.4. The molecule has 0 N–H and O–H groups in total. The van der Waals surface area contributed by atoms with Gasteiger partial charge in [-0.25, -0.2) is 0 Å². The zero-order chi connectivity index (χ0) is 9.40. The Morgan fingerprint density at radius 3 is 1.17 bits per heavy atom. The first-order valence-electron chi connectivity index (χ1n) is 4.32. The van der Waals surface area contributed by atoms with Crippen molar-refractivity contribution in [1.82, 2.24) is 0 Å². The third kappa shape index (κ3) is 9.14. The van der Waals surface area contributed by atoms with Crippen molar-refractivity contribution in [2.24, 2.45) is 0 Å². The van der Waals surface area contributed by atoms with Crippen LogP contribution in [0.2, 0.25) is 0 Å². The molecule has 0 aliphatic heterocycles. The molecule has 0 aromatic carbocycles. The third-order valence-corrected chi connectivity index (χ3v) is 1.54. The molecular weight excluding hydrogens is 156 g/mol. The standard InChI is InChI=1S/C5H10.C4H6O3/c1-2-4-5-3-1;1-3(5)7-4(2)6/h1-5H2;1-2H3. The van der Waals surface area contributed by atoms with Crippen molar-refractivity contribution in [2.75, 3.05) is 0 Å². The van der Waals surface area contributed by atoms with Gasteiger partial charge in [0.2, 0.25) is 0 Å². The quantitative estimate of drug-likeness (QED) is 0.415. The van der Waals surface area contributed by atoms with Crippen LogP contribution >= 0.6 is 0 Å². The van der Waals surface area contributed by atoms with E-state index in [4.69, 9.17) is 0 Å². The van der Waals surface area contributed by atoms with Gasteiger partial charge in [-0.1, -0.05) is 32.1 Å². The molecule has 12 heavy (non-hydrogen) atoms. The zero-order valence-corrected chi connectivity index (χ0v) is 7.76. The smallest absolute Gasteiger partial charge is 0.310 e. The van der Waals surface area contributed by atoms with Gasteiger partial charge in [0.05, 0.1) is 0 Å². The lowest BCUT2D eigenvalue weighted by Gasteiger charge is -1.87. The number of hydrogen-bond acceptors (Lipinski definition) is 3. The second-order valence-electron chi connectivity index (χ2n) is 2.85. The lowest BCUT2D eigenvalue weighted by molar-refractivity contribution is -0.156. The van der Waals surface area contributed by atoms with Crippen molar-refractivity contribution >= 4 is 11.9 Å². The summed E-state index contributed by atoms with van der Waals surface area (Å²) in [7, 11) is 0. The SMILES string of the molecule is C1CCCC1.CC(=O)OC(C)=O. The number of ether oxygens (including phenoxy) is 1. The minimum atomic E-state index is -0.562. The molecule has 1 aliphatic rings. The average Bonchev–Trinajstić information content (AvgIpc) is 2.36. The molecule has 70 valence electrons. The van der Waals surface area contributed by atoms with Crippen LogP contribution in [-0.2, 0) is 14.3 Å². The summed E-state index contributed by atoms with van der Waals surface area (Å²) >= 11 is 0. The summed E-state index contributed by atoms with van der Waals surface area (Å²) in [4.78, 5) is 19.6. The predicted octanol–water partition coefficient (Wildman–Crippen LogP) is 2.05. The van der Waals surface area contributed by atoms with Crippen LogP contribution in [-0.4, -0.2) is 11.9 Å². The van der Waals surface area contributed by atoms with Crippen LogP contribution in [0, 0.1) is 0 Å². The van der Waals surface area contributed by atoms with E-state index in [0.29, 0.717) is 0 Å². The van der Waals surface area contributed by atoms with Crippen LogP contribution in [0.1, 0.15) is 46.0 Å². The van der Waals surface area contributed by atoms with Crippen molar-refractivity contribution in [3.05, 3.63) is 0 Å². The van der Waals surface area contributed by atoms with Crippen molar-refractivity contribution < 1.29 is 14.3 Å². The Bertz CT molecular complexity index is 128. The van der Waals surface area contributed by atoms with Gasteiger partial charge in [0.25, 0.3) is 0 Å². The Morgan fingerprint density at radius 1 is 0.833 bits per heavy atom. The first-order valence-corrected chi connectivity index (χ1v) is 4.32. The molecule has 0 unspecified atom stereocenters. The van der Waals surface area contributed by atoms with Crippen molar-refractivity contribution in [1.29, 1.82) is 0 Å². The second-order valence-corrected chi connectivity index (χ2v) is 2.85. The number of hydrogen-bond donors (Lipinski definition) is 0. The molecule has 1 rings (SSSR count). The van der Waals surface area contributed by atoms with Gasteiger partial charge in [-0.2, -0.15) is 0 Å². The van der Waals surface area contributed by atoms with Crippen molar-refractivity contribution in [2.45, 2.75) is 46.0 Å². The fourth-order valence-electron chi connectivity index (χ4n) is 1.09. The minimum Gasteiger partial charge on any atom is -0.394 e. The Labute approximate surface area is 73.1 Å². The fourth-order valence-corrected chi connectivity index (χ4v) is 1.09. The van der Waals surface area contributed by atoms with Gasteiger partial charge in [-0.05, 0) is 0 Å². The van der Waals surface area contributed by atoms with Crippen LogP contribution in [0.3, 0.4) is 0 Å². The van der Waals surface area contributed by atoms with Crippen LogP contribution in [0.5, 0.6) is 0 Å². The third-order valence-electron chi connectivity index (χ3n) is 1.54. The Hall–Kier alpha value is -0.860. The molecule has 0 atom stereocenters. The van der Waals surface area contributed by atoms with Gasteiger partial charge in [0.15, 0.2) is 0 Å². The van der Waals surface area contributed by atoms with Gasteiger partial charge < -0.3 is 4.74 Å². The van der Waals surface area contributed by atoms with Crippen LogP contribution in [0.25, 0.3) is 0 Å². The summed E-state index contributed by atoms with van der Waals surface area (Å²) in [6.45, 7) is 2.36. The summed E-state index contributed by atoms with van der Waals surface area (Å²) in [6.07, 6.45) is 7.50. The number of carbonyl (C=O) groups excluding carboxylic acids is 2. The highest BCUT2D eigenvalue weighted by Crippen LogP contribution is 2.15. The molecular formula is C9H16O3. The normalized spacial score (nSPS) is 14.5. The predicted molar refractivity (Wildman–Crippen MR) is 45.5 cm³/mol. The molecule has 3 nitrogen and oxygen atoms in total. The van der Waals surface area contributed by atoms with Crippen LogP contribution in [0.15, 0.2) is 0 Å². The maximum atomic E-state index is 9.81. The van der Waals surface area contributed by atoms with E-state index in [2.05, 4.69) is 4.74 Å². The highest BCUT2D eigenvalue weighted by molar-refractivity contribution is 5.82. The number of carbonyl (C=O) groups is 2. The van der Waals surface area contributed by atoms with Gasteiger partial charge in [0, 0.05) is 13.8 Å². The topological polar surface area (TPSA) is 43.4 Å². The van der Waals surface area contributed by atoms with E-state index in [9.17, 15) is 9.59 Å². The molecule has 0 spiro atoms. The molecule has 1 fully saturated rings. The Morgan fingerprint density at radius 2 is 1.08 bits per heavy atom. The summed E-state index contributed by atoms with van der Waals surface area (Å²) in [5.74, 6) is -1.12. The molecule has 0 radical (unpaired) electrons. The van der Waals surface area contributed by atoms with Crippen LogP contribution in [0.4, 0.5) is 0 Å². The largest absolute Gasteiger partial charge is 0.394 e. The van der Waals surface area contributed by atoms with E-state index in [-0.39, 0.29) is 0 Å². The molecule has 0 aromatic rings. The van der Waals surface area contributed by atoms with Gasteiger partial charge in [0.1, 0.15) is 0 Å². The van der Waals surface area contributed by atoms with E-state index in [1.54, 1.807) is 0 Å². The molecule has 0 amide bonds. The fraction of sp³-hybridized carbons (Fsp3) is 0.778. The molecule has 0 aromatic heterocycles. The summed E-state index contributed by atoms with van der Waals surface area (Å²) in [6, 6.07) is 0. The summed E-state index contributed by atoms with van der Waals surface area (Å²) < 4.78 is 3.97. The highest BCUT2D eigenvalue weighted by Gasteiger charge is 1.95. The first-order chi connectivity index (χ1) is 5.63. The minimum absolute atomic E-state index is 0.562. The van der Waals surface area contributed by atoms with Crippen LogP contribution < -0.4 is 0 Å². The van der Waals surface area contributed by atoms with E-state index < -0.39 is 11.9 Å². The maximum Gasteiger partial charge on any atom is 0.310 e. The van der Waals surface area contributed by atoms with Crippen molar-refractivity contribution in [3.63, 3.8) is 0 Å². The lowest BCUT2D eigenvalue weighted by Crippen LogP contribution is -2.03. The van der Waals surface area contributed by atoms with Gasteiger partial charge >= 0.3 is 11.9 Å². The number of esters is 2. The van der Waals surface area contributed by atoms with Crippen molar-refractivity contribution in [3.8, 4) is 0 Å². The summed E-state index contributed by atoms with van der Waals surface area (Å²) in [5, 5.41) is 0. The monoisotopic (exact) mass is 172 g/mol. The Kier molecular flexibility index (Phi) is 6.34. The van der Waals surface area contributed by atoms with Gasteiger partial charge in [-0.3, -0.25) is 9.59 Å². The molecule has 3 heteroatoms. The zero-order valence-electron chi connectivity index (χ0n) is 7.76. The molecule has 0 bridgehead atoms.